The molecule has 1 aromatic heterocycles. The first kappa shape index (κ1) is 22.7. The molecule has 0 aromatic carbocycles. The number of hydrogen-bond acceptors (Lipinski definition) is 2. The highest BCUT2D eigenvalue weighted by molar-refractivity contribution is 5.66. The Morgan fingerprint density at radius 1 is 0.769 bits per heavy atom. The van der Waals surface area contributed by atoms with Gasteiger partial charge in [0.1, 0.15) is 0 Å². The zero-order chi connectivity index (χ0) is 19.0. The molecule has 0 saturated heterocycles. The first-order valence-electron chi connectivity index (χ1n) is 10.9. The van der Waals surface area contributed by atoms with Crippen LogP contribution in [0.3, 0.4) is 0 Å². The van der Waals surface area contributed by atoms with Crippen LogP contribution in [0.2, 0.25) is 0 Å². The lowest BCUT2D eigenvalue weighted by Gasteiger charge is -2.10. The molecule has 148 valence electrons. The van der Waals surface area contributed by atoms with E-state index in [1.165, 1.54) is 77.0 Å². The number of carbonyl (C=O) groups is 1. The summed E-state index contributed by atoms with van der Waals surface area (Å²) in [4.78, 5) is 14.2. The van der Waals surface area contributed by atoms with Crippen LogP contribution >= 0.6 is 0 Å². The lowest BCUT2D eigenvalue weighted by Crippen LogP contribution is -2.41. The maximum Gasteiger partial charge on any atom is 0.392 e. The summed E-state index contributed by atoms with van der Waals surface area (Å²) in [7, 11) is 4.02. The van der Waals surface area contributed by atoms with Gasteiger partial charge in [0.15, 0.2) is 12.4 Å². The minimum Gasteiger partial charge on any atom is -0.377 e. The molecule has 0 radical (unpaired) electrons. The lowest BCUT2D eigenvalue weighted by molar-refractivity contribution is -0.574. The number of hydrogen-bond donors (Lipinski definition) is 0. The summed E-state index contributed by atoms with van der Waals surface area (Å²) >= 11 is 0. The van der Waals surface area contributed by atoms with Gasteiger partial charge in [0.25, 0.3) is 0 Å². The summed E-state index contributed by atoms with van der Waals surface area (Å²) in [6, 6.07) is 3.98. The van der Waals surface area contributed by atoms with Crippen molar-refractivity contribution in [2.75, 3.05) is 19.0 Å². The van der Waals surface area contributed by atoms with Crippen LogP contribution in [-0.4, -0.2) is 20.0 Å². The van der Waals surface area contributed by atoms with Crippen molar-refractivity contribution in [3.05, 3.63) is 24.5 Å². The molecule has 0 aliphatic heterocycles. The fourth-order valence-electron chi connectivity index (χ4n) is 3.31. The second kappa shape index (κ2) is 14.8. The number of carbonyl (C=O) groups excluding carboxylic acids is 1. The van der Waals surface area contributed by atoms with Crippen molar-refractivity contribution in [2.24, 2.45) is 0 Å². The molecule has 0 unspecified atom stereocenters. The SMILES string of the molecule is CCCCCCCCCCCCCCCC(=O)[n+]1ccc(N(C)C)cc1. The van der Waals surface area contributed by atoms with Crippen LogP contribution in [0, 0.1) is 0 Å². The van der Waals surface area contributed by atoms with Gasteiger partial charge in [-0.2, -0.15) is 0 Å². The van der Waals surface area contributed by atoms with E-state index in [9.17, 15) is 4.79 Å². The van der Waals surface area contributed by atoms with E-state index in [-0.39, 0.29) is 5.91 Å². The molecular formula is C23H41N2O+. The predicted molar refractivity (Wildman–Crippen MR) is 112 cm³/mol. The lowest BCUT2D eigenvalue weighted by atomic mass is 10.0. The third kappa shape index (κ3) is 10.6. The quantitative estimate of drug-likeness (QED) is 0.276. The van der Waals surface area contributed by atoms with Crippen molar-refractivity contribution in [1.29, 1.82) is 0 Å². The van der Waals surface area contributed by atoms with Crippen LogP contribution in [0.15, 0.2) is 24.5 Å². The average Bonchev–Trinajstić information content (AvgIpc) is 2.65. The van der Waals surface area contributed by atoms with Crippen LogP contribution < -0.4 is 9.47 Å². The second-order valence-electron chi connectivity index (χ2n) is 7.74. The largest absolute Gasteiger partial charge is 0.392 e. The van der Waals surface area contributed by atoms with Crippen molar-refractivity contribution < 1.29 is 9.36 Å². The summed E-state index contributed by atoms with van der Waals surface area (Å²) < 4.78 is 1.72. The van der Waals surface area contributed by atoms with Gasteiger partial charge in [0.2, 0.25) is 0 Å². The van der Waals surface area contributed by atoms with Crippen LogP contribution in [0.1, 0.15) is 102 Å². The molecule has 1 aromatic rings. The Morgan fingerprint density at radius 2 is 1.19 bits per heavy atom. The van der Waals surface area contributed by atoms with E-state index >= 15 is 0 Å². The van der Waals surface area contributed by atoms with E-state index in [1.54, 1.807) is 4.57 Å². The van der Waals surface area contributed by atoms with Crippen molar-refractivity contribution in [2.45, 2.75) is 96.8 Å². The van der Waals surface area contributed by atoms with Crippen LogP contribution in [-0.2, 0) is 0 Å². The van der Waals surface area contributed by atoms with Crippen molar-refractivity contribution in [3.63, 3.8) is 0 Å². The Labute approximate surface area is 161 Å². The smallest absolute Gasteiger partial charge is 0.377 e. The summed E-state index contributed by atoms with van der Waals surface area (Å²) in [5.74, 6) is 0.207. The normalized spacial score (nSPS) is 10.9. The number of nitrogens with zero attached hydrogens (tertiary/aromatic N) is 2. The Morgan fingerprint density at radius 3 is 1.62 bits per heavy atom. The van der Waals surface area contributed by atoms with Gasteiger partial charge < -0.3 is 4.90 Å². The number of anilines is 1. The Hall–Kier alpha value is -1.38. The molecule has 0 aliphatic rings. The Bertz CT molecular complexity index is 468. The van der Waals surface area contributed by atoms with E-state index in [4.69, 9.17) is 0 Å². The van der Waals surface area contributed by atoms with E-state index in [2.05, 4.69) is 6.92 Å². The number of rotatable bonds is 15. The van der Waals surface area contributed by atoms with Gasteiger partial charge in [0, 0.05) is 31.9 Å². The average molecular weight is 362 g/mol. The van der Waals surface area contributed by atoms with E-state index in [0.717, 1.165) is 12.1 Å². The number of aromatic nitrogens is 1. The molecule has 1 rings (SSSR count). The minimum absolute atomic E-state index is 0.207. The Balaban J connectivity index is 1.94. The van der Waals surface area contributed by atoms with Gasteiger partial charge in [-0.3, -0.25) is 0 Å². The molecule has 0 amide bonds. The van der Waals surface area contributed by atoms with Gasteiger partial charge in [-0.1, -0.05) is 84.0 Å². The second-order valence-corrected chi connectivity index (χ2v) is 7.74. The number of unbranched alkanes of at least 4 members (excludes halogenated alkanes) is 12. The minimum atomic E-state index is 0.207. The maximum absolute atomic E-state index is 12.2. The van der Waals surface area contributed by atoms with Gasteiger partial charge in [-0.25, -0.2) is 4.79 Å². The molecule has 1 heterocycles. The topological polar surface area (TPSA) is 24.2 Å². The molecule has 0 atom stereocenters. The third-order valence-corrected chi connectivity index (χ3v) is 5.11. The molecule has 0 bridgehead atoms. The van der Waals surface area contributed by atoms with Gasteiger partial charge in [-0.05, 0) is 6.42 Å². The van der Waals surface area contributed by atoms with Gasteiger partial charge in [-0.15, -0.1) is 4.57 Å². The standard InChI is InChI=1S/C23H41N2O/c1-4-5-6-7-8-9-10-11-12-13-14-15-16-17-23(26)25-20-18-22(19-21-25)24(2)3/h18-21H,4-17H2,1-3H3/q+1. The summed E-state index contributed by atoms with van der Waals surface area (Å²) in [6.45, 7) is 2.28. The molecule has 3 nitrogen and oxygen atoms in total. The van der Waals surface area contributed by atoms with E-state index in [0.29, 0.717) is 6.42 Å². The Kier molecular flexibility index (Phi) is 12.9. The molecule has 0 saturated carbocycles. The molecule has 26 heavy (non-hydrogen) atoms. The molecular weight excluding hydrogens is 320 g/mol. The first-order valence-corrected chi connectivity index (χ1v) is 10.9. The predicted octanol–water partition coefficient (Wildman–Crippen LogP) is 6.16. The summed E-state index contributed by atoms with van der Waals surface area (Å²) in [5, 5.41) is 0. The van der Waals surface area contributed by atoms with Gasteiger partial charge in [0.05, 0.1) is 6.42 Å². The zero-order valence-electron chi connectivity index (χ0n) is 17.5. The monoisotopic (exact) mass is 361 g/mol. The highest BCUT2D eigenvalue weighted by Gasteiger charge is 2.13. The summed E-state index contributed by atoms with van der Waals surface area (Å²) in [6.07, 6.45) is 21.8. The zero-order valence-corrected chi connectivity index (χ0v) is 17.5. The molecule has 0 fully saturated rings. The van der Waals surface area contributed by atoms with Gasteiger partial charge >= 0.3 is 5.91 Å². The molecule has 3 heteroatoms. The summed E-state index contributed by atoms with van der Waals surface area (Å²) in [5.41, 5.74) is 1.12. The highest BCUT2D eigenvalue weighted by Crippen LogP contribution is 2.13. The van der Waals surface area contributed by atoms with E-state index < -0.39 is 0 Å². The highest BCUT2D eigenvalue weighted by atomic mass is 16.1. The first-order chi connectivity index (χ1) is 12.6. The molecule has 0 N–H and O–H groups in total. The third-order valence-electron chi connectivity index (χ3n) is 5.11. The molecule has 0 spiro atoms. The maximum atomic E-state index is 12.2. The number of pyridine rings is 1. The van der Waals surface area contributed by atoms with E-state index in [1.807, 2.05) is 43.5 Å². The molecule has 0 aliphatic carbocycles. The van der Waals surface area contributed by atoms with Crippen LogP contribution in [0.5, 0.6) is 0 Å². The van der Waals surface area contributed by atoms with Crippen molar-refractivity contribution in [3.8, 4) is 0 Å². The van der Waals surface area contributed by atoms with Crippen LogP contribution in [0.25, 0.3) is 0 Å². The fourth-order valence-corrected chi connectivity index (χ4v) is 3.31. The fraction of sp³-hybridized carbons (Fsp3) is 0.739. The van der Waals surface area contributed by atoms with Crippen molar-refractivity contribution >= 4 is 11.6 Å². The van der Waals surface area contributed by atoms with Crippen LogP contribution in [0.4, 0.5) is 5.69 Å². The van der Waals surface area contributed by atoms with Crippen molar-refractivity contribution in [1.82, 2.24) is 0 Å².